The molecule has 134 valence electrons. The molecule has 2 fully saturated rings. The summed E-state index contributed by atoms with van der Waals surface area (Å²) in [4.78, 5) is 2.39. The molecule has 0 N–H and O–H groups in total. The summed E-state index contributed by atoms with van der Waals surface area (Å²) < 4.78 is 31.5. The van der Waals surface area contributed by atoms with Crippen LogP contribution in [0.1, 0.15) is 17.7 Å². The number of sulfonamides is 1. The Morgan fingerprint density at radius 3 is 2.64 bits per heavy atom. The number of nitrogens with zero attached hydrogens (tertiary/aromatic N) is 2. The fourth-order valence-corrected chi connectivity index (χ4v) is 5.38. The zero-order chi connectivity index (χ0) is 17.5. The monoisotopic (exact) mass is 360 g/mol. The first-order valence-corrected chi connectivity index (χ1v) is 10.6. The molecule has 4 rings (SSSR count). The highest BCUT2D eigenvalue weighted by atomic mass is 32.2. The van der Waals surface area contributed by atoms with Gasteiger partial charge in [0.15, 0.2) is 0 Å². The number of hydrogen-bond donors (Lipinski definition) is 0. The summed E-state index contributed by atoms with van der Waals surface area (Å²) in [5.41, 5.74) is 1.19. The lowest BCUT2D eigenvalue weighted by Crippen LogP contribution is -2.49. The molecule has 0 saturated carbocycles. The third-order valence-electron chi connectivity index (χ3n) is 5.79. The van der Waals surface area contributed by atoms with Gasteiger partial charge in [0.1, 0.15) is 5.76 Å². The van der Waals surface area contributed by atoms with Gasteiger partial charge in [0.05, 0.1) is 19.1 Å². The number of fused-ring (bicyclic) bond motifs is 1. The van der Waals surface area contributed by atoms with Gasteiger partial charge in [0.25, 0.3) is 0 Å². The van der Waals surface area contributed by atoms with Crippen molar-refractivity contribution < 1.29 is 12.8 Å². The van der Waals surface area contributed by atoms with E-state index >= 15 is 0 Å². The third kappa shape index (κ3) is 3.14. The average Bonchev–Trinajstić information content (AvgIpc) is 3.23. The van der Waals surface area contributed by atoms with Crippen LogP contribution in [-0.4, -0.2) is 50.1 Å². The van der Waals surface area contributed by atoms with Crippen LogP contribution in [-0.2, 0) is 22.0 Å². The van der Waals surface area contributed by atoms with Gasteiger partial charge in [-0.3, -0.25) is 4.90 Å². The van der Waals surface area contributed by atoms with E-state index in [-0.39, 0.29) is 5.41 Å². The van der Waals surface area contributed by atoms with Crippen molar-refractivity contribution in [1.82, 2.24) is 9.21 Å². The SMILES string of the molecule is CS(=O)(=O)N1C[C@@H]2CN(Cc3ccco3)CC[C@@]2(c2ccccc2)C1. The van der Waals surface area contributed by atoms with Crippen molar-refractivity contribution in [2.45, 2.75) is 18.4 Å². The summed E-state index contributed by atoms with van der Waals surface area (Å²) in [6.07, 6.45) is 3.99. The molecular formula is C19H24N2O3S. The highest BCUT2D eigenvalue weighted by Crippen LogP contribution is 2.46. The van der Waals surface area contributed by atoms with Gasteiger partial charge in [-0.15, -0.1) is 0 Å². The molecule has 0 aliphatic carbocycles. The lowest BCUT2D eigenvalue weighted by atomic mass is 9.68. The van der Waals surface area contributed by atoms with E-state index in [9.17, 15) is 8.42 Å². The maximum absolute atomic E-state index is 12.2. The van der Waals surface area contributed by atoms with E-state index in [4.69, 9.17) is 4.42 Å². The number of benzene rings is 1. The molecule has 6 heteroatoms. The minimum atomic E-state index is -3.18. The maximum atomic E-state index is 12.2. The number of piperidine rings is 1. The minimum absolute atomic E-state index is 0.0794. The largest absolute Gasteiger partial charge is 0.468 e. The average molecular weight is 360 g/mol. The zero-order valence-corrected chi connectivity index (χ0v) is 15.3. The highest BCUT2D eigenvalue weighted by molar-refractivity contribution is 7.88. The Balaban J connectivity index is 1.62. The fourth-order valence-electron chi connectivity index (χ4n) is 4.47. The fraction of sp³-hybridized carbons (Fsp3) is 0.474. The second-order valence-corrected chi connectivity index (χ2v) is 9.32. The Hall–Kier alpha value is -1.63. The molecule has 0 radical (unpaired) electrons. The summed E-state index contributed by atoms with van der Waals surface area (Å²) in [7, 11) is -3.18. The van der Waals surface area contributed by atoms with Crippen molar-refractivity contribution in [3.63, 3.8) is 0 Å². The Morgan fingerprint density at radius 2 is 1.96 bits per heavy atom. The lowest BCUT2D eigenvalue weighted by Gasteiger charge is -2.43. The molecule has 2 aliphatic heterocycles. The predicted octanol–water partition coefficient (Wildman–Crippen LogP) is 2.31. The topological polar surface area (TPSA) is 53.8 Å². The normalized spacial score (nSPS) is 28.1. The summed E-state index contributed by atoms with van der Waals surface area (Å²) in [6.45, 7) is 3.82. The quantitative estimate of drug-likeness (QED) is 0.840. The van der Waals surface area contributed by atoms with Crippen LogP contribution in [0.4, 0.5) is 0 Å². The molecule has 2 atom stereocenters. The van der Waals surface area contributed by atoms with Crippen LogP contribution in [0.2, 0.25) is 0 Å². The first kappa shape index (κ1) is 16.8. The molecule has 3 heterocycles. The molecule has 0 spiro atoms. The van der Waals surface area contributed by atoms with Crippen molar-refractivity contribution >= 4 is 10.0 Å². The number of furan rings is 1. The second kappa shape index (κ2) is 6.27. The van der Waals surface area contributed by atoms with E-state index in [1.807, 2.05) is 18.2 Å². The van der Waals surface area contributed by atoms with E-state index < -0.39 is 10.0 Å². The molecule has 1 aromatic carbocycles. The maximum Gasteiger partial charge on any atom is 0.211 e. The summed E-state index contributed by atoms with van der Waals surface area (Å²) in [6, 6.07) is 14.3. The molecule has 2 aromatic rings. The minimum Gasteiger partial charge on any atom is -0.468 e. The van der Waals surface area contributed by atoms with E-state index in [0.717, 1.165) is 31.8 Å². The number of likely N-dealkylation sites (tertiary alicyclic amines) is 1. The van der Waals surface area contributed by atoms with Crippen molar-refractivity contribution in [3.05, 3.63) is 60.1 Å². The van der Waals surface area contributed by atoms with Crippen LogP contribution in [0, 0.1) is 5.92 Å². The van der Waals surface area contributed by atoms with Crippen LogP contribution in [0.25, 0.3) is 0 Å². The molecule has 0 unspecified atom stereocenters. The molecule has 2 aliphatic rings. The van der Waals surface area contributed by atoms with Crippen molar-refractivity contribution in [1.29, 1.82) is 0 Å². The van der Waals surface area contributed by atoms with Gasteiger partial charge >= 0.3 is 0 Å². The van der Waals surface area contributed by atoms with Gasteiger partial charge in [-0.25, -0.2) is 12.7 Å². The van der Waals surface area contributed by atoms with Gasteiger partial charge in [-0.2, -0.15) is 0 Å². The van der Waals surface area contributed by atoms with Crippen LogP contribution < -0.4 is 0 Å². The van der Waals surface area contributed by atoms with Crippen molar-refractivity contribution in [2.75, 3.05) is 32.4 Å². The number of rotatable bonds is 4. The Bertz CT molecular complexity index is 820. The van der Waals surface area contributed by atoms with Gasteiger partial charge in [0.2, 0.25) is 10.0 Å². The molecule has 0 bridgehead atoms. The number of hydrogen-bond acceptors (Lipinski definition) is 4. The van der Waals surface area contributed by atoms with E-state index in [0.29, 0.717) is 19.0 Å². The predicted molar refractivity (Wildman–Crippen MR) is 96.6 cm³/mol. The zero-order valence-electron chi connectivity index (χ0n) is 14.5. The van der Waals surface area contributed by atoms with Crippen molar-refractivity contribution in [3.8, 4) is 0 Å². The molecular weight excluding hydrogens is 336 g/mol. The first-order valence-electron chi connectivity index (χ1n) is 8.73. The standard InChI is InChI=1S/C19H24N2O3S/c1-25(22,23)21-13-17-12-20(14-18-8-5-11-24-18)10-9-19(17,15-21)16-6-3-2-4-7-16/h2-8,11,17H,9-10,12-15H2,1H3/t17-,19-/m0/s1. The Kier molecular flexibility index (Phi) is 4.22. The van der Waals surface area contributed by atoms with Crippen LogP contribution in [0.15, 0.2) is 53.1 Å². The highest BCUT2D eigenvalue weighted by Gasteiger charge is 2.52. The van der Waals surface area contributed by atoms with Crippen molar-refractivity contribution in [2.24, 2.45) is 5.92 Å². The van der Waals surface area contributed by atoms with Gasteiger partial charge in [-0.05, 0) is 36.6 Å². The molecule has 1 aromatic heterocycles. The second-order valence-electron chi connectivity index (χ2n) is 7.34. The van der Waals surface area contributed by atoms with E-state index in [1.165, 1.54) is 11.8 Å². The summed E-state index contributed by atoms with van der Waals surface area (Å²) >= 11 is 0. The van der Waals surface area contributed by atoms with Crippen LogP contribution in [0.5, 0.6) is 0 Å². The Labute approximate surface area is 149 Å². The van der Waals surface area contributed by atoms with E-state index in [2.05, 4.69) is 29.2 Å². The molecule has 25 heavy (non-hydrogen) atoms. The third-order valence-corrected chi connectivity index (χ3v) is 7.01. The smallest absolute Gasteiger partial charge is 0.211 e. The molecule has 0 amide bonds. The van der Waals surface area contributed by atoms with Gasteiger partial charge in [-0.1, -0.05) is 30.3 Å². The summed E-state index contributed by atoms with van der Waals surface area (Å²) in [5, 5.41) is 0. The lowest BCUT2D eigenvalue weighted by molar-refractivity contribution is 0.110. The van der Waals surface area contributed by atoms with Crippen LogP contribution in [0.3, 0.4) is 0 Å². The van der Waals surface area contributed by atoms with Gasteiger partial charge < -0.3 is 4.42 Å². The summed E-state index contributed by atoms with van der Waals surface area (Å²) in [5.74, 6) is 1.26. The first-order chi connectivity index (χ1) is 12.0. The molecule has 2 saturated heterocycles. The van der Waals surface area contributed by atoms with E-state index in [1.54, 1.807) is 10.6 Å². The molecule has 5 nitrogen and oxygen atoms in total. The van der Waals surface area contributed by atoms with Crippen LogP contribution >= 0.6 is 0 Å². The Morgan fingerprint density at radius 1 is 1.16 bits per heavy atom. The van der Waals surface area contributed by atoms with Gasteiger partial charge in [0, 0.05) is 25.0 Å².